The predicted octanol–water partition coefficient (Wildman–Crippen LogP) is 4.18. The van der Waals surface area contributed by atoms with Gasteiger partial charge in [0.05, 0.1) is 5.60 Å². The van der Waals surface area contributed by atoms with Gasteiger partial charge in [-0.3, -0.25) is 0 Å². The molecule has 0 radical (unpaired) electrons. The van der Waals surface area contributed by atoms with Gasteiger partial charge in [0, 0.05) is 0 Å². The van der Waals surface area contributed by atoms with E-state index in [0.29, 0.717) is 0 Å². The van der Waals surface area contributed by atoms with Crippen LogP contribution in [0, 0.1) is 0 Å². The average Bonchev–Trinajstić information content (AvgIpc) is 2.68. The average molecular weight is 232 g/mol. The zero-order valence-corrected chi connectivity index (χ0v) is 10.9. The number of hydrogen-bond acceptors (Lipinski definition) is 1. The molecule has 1 aromatic rings. The fourth-order valence-electron chi connectivity index (χ4n) is 2.95. The first-order valence-corrected chi connectivity index (χ1v) is 7.07. The van der Waals surface area contributed by atoms with E-state index in [9.17, 15) is 5.11 Å². The SMILES string of the molecule is CCCCCCCC1(O)CCc2ccccc21. The van der Waals surface area contributed by atoms with Gasteiger partial charge in [-0.25, -0.2) is 0 Å². The van der Waals surface area contributed by atoms with Crippen LogP contribution in [0.25, 0.3) is 0 Å². The molecular formula is C16H24O. The predicted molar refractivity (Wildman–Crippen MR) is 72.0 cm³/mol. The second-order valence-corrected chi connectivity index (χ2v) is 5.35. The molecule has 1 atom stereocenters. The summed E-state index contributed by atoms with van der Waals surface area (Å²) in [7, 11) is 0. The molecule has 0 saturated heterocycles. The van der Waals surface area contributed by atoms with Gasteiger partial charge in [0.15, 0.2) is 0 Å². The van der Waals surface area contributed by atoms with Crippen LogP contribution in [0.3, 0.4) is 0 Å². The molecule has 17 heavy (non-hydrogen) atoms. The van der Waals surface area contributed by atoms with Gasteiger partial charge in [-0.15, -0.1) is 0 Å². The van der Waals surface area contributed by atoms with E-state index in [0.717, 1.165) is 25.7 Å². The maximum atomic E-state index is 10.7. The van der Waals surface area contributed by atoms with Crippen molar-refractivity contribution in [3.63, 3.8) is 0 Å². The van der Waals surface area contributed by atoms with Gasteiger partial charge in [-0.05, 0) is 30.4 Å². The van der Waals surface area contributed by atoms with Gasteiger partial charge in [-0.2, -0.15) is 0 Å². The highest BCUT2D eigenvalue weighted by atomic mass is 16.3. The number of unbranched alkanes of at least 4 members (excludes halogenated alkanes) is 4. The monoisotopic (exact) mass is 232 g/mol. The van der Waals surface area contributed by atoms with Crippen LogP contribution in [0.4, 0.5) is 0 Å². The first-order valence-electron chi connectivity index (χ1n) is 7.07. The molecule has 0 saturated carbocycles. The van der Waals surface area contributed by atoms with Crippen molar-refractivity contribution in [1.29, 1.82) is 0 Å². The van der Waals surface area contributed by atoms with Crippen LogP contribution in [-0.2, 0) is 12.0 Å². The Balaban J connectivity index is 1.88. The highest BCUT2D eigenvalue weighted by molar-refractivity contribution is 5.36. The van der Waals surface area contributed by atoms with E-state index in [1.165, 1.54) is 36.8 Å². The minimum atomic E-state index is -0.525. The smallest absolute Gasteiger partial charge is 0.0902 e. The molecule has 0 fully saturated rings. The molecule has 1 unspecified atom stereocenters. The van der Waals surface area contributed by atoms with Crippen molar-refractivity contribution < 1.29 is 5.11 Å². The van der Waals surface area contributed by atoms with Crippen molar-refractivity contribution in [2.45, 2.75) is 63.9 Å². The molecule has 1 nitrogen and oxygen atoms in total. The lowest BCUT2D eigenvalue weighted by Crippen LogP contribution is -2.21. The molecule has 0 spiro atoms. The second kappa shape index (κ2) is 5.68. The lowest BCUT2D eigenvalue weighted by Gasteiger charge is -2.24. The Labute approximate surface area is 105 Å². The molecule has 1 heteroatoms. The van der Waals surface area contributed by atoms with Crippen molar-refractivity contribution in [3.8, 4) is 0 Å². The Kier molecular flexibility index (Phi) is 4.22. The number of aliphatic hydroxyl groups is 1. The quantitative estimate of drug-likeness (QED) is 0.729. The van der Waals surface area contributed by atoms with Crippen LogP contribution < -0.4 is 0 Å². The summed E-state index contributed by atoms with van der Waals surface area (Å²) in [5.74, 6) is 0. The standard InChI is InChI=1S/C16H24O/c1-2-3-4-5-8-12-16(17)13-11-14-9-6-7-10-15(14)16/h6-7,9-10,17H,2-5,8,11-13H2,1H3. The number of hydrogen-bond donors (Lipinski definition) is 1. The van der Waals surface area contributed by atoms with Gasteiger partial charge in [0.1, 0.15) is 0 Å². The van der Waals surface area contributed by atoms with E-state index in [4.69, 9.17) is 0 Å². The van der Waals surface area contributed by atoms with Crippen LogP contribution in [0.5, 0.6) is 0 Å². The summed E-state index contributed by atoms with van der Waals surface area (Å²) >= 11 is 0. The van der Waals surface area contributed by atoms with Crippen LogP contribution in [0.2, 0.25) is 0 Å². The second-order valence-electron chi connectivity index (χ2n) is 5.35. The van der Waals surface area contributed by atoms with Crippen molar-refractivity contribution in [2.75, 3.05) is 0 Å². The molecule has 2 rings (SSSR count). The van der Waals surface area contributed by atoms with Gasteiger partial charge in [0.25, 0.3) is 0 Å². The van der Waals surface area contributed by atoms with E-state index in [2.05, 4.69) is 25.1 Å². The van der Waals surface area contributed by atoms with E-state index < -0.39 is 5.60 Å². The maximum Gasteiger partial charge on any atom is 0.0902 e. The van der Waals surface area contributed by atoms with Crippen LogP contribution >= 0.6 is 0 Å². The Morgan fingerprint density at radius 1 is 1.12 bits per heavy atom. The molecule has 0 bridgehead atoms. The molecule has 0 aliphatic heterocycles. The fraction of sp³-hybridized carbons (Fsp3) is 0.625. The summed E-state index contributed by atoms with van der Waals surface area (Å²) < 4.78 is 0. The Hall–Kier alpha value is -0.820. The van der Waals surface area contributed by atoms with Crippen molar-refractivity contribution in [2.24, 2.45) is 0 Å². The van der Waals surface area contributed by atoms with Gasteiger partial charge in [-0.1, -0.05) is 63.3 Å². The summed E-state index contributed by atoms with van der Waals surface area (Å²) in [6.45, 7) is 2.24. The normalized spacial score (nSPS) is 22.7. The van der Waals surface area contributed by atoms with E-state index in [1.807, 2.05) is 6.07 Å². The maximum absolute atomic E-state index is 10.7. The highest BCUT2D eigenvalue weighted by Gasteiger charge is 2.35. The molecule has 1 aliphatic carbocycles. The summed E-state index contributed by atoms with van der Waals surface area (Å²) in [5, 5.41) is 10.7. The molecule has 0 heterocycles. The Bertz CT molecular complexity index is 358. The largest absolute Gasteiger partial charge is 0.385 e. The molecular weight excluding hydrogens is 208 g/mol. The first-order chi connectivity index (χ1) is 8.26. The Morgan fingerprint density at radius 2 is 1.88 bits per heavy atom. The molecule has 1 N–H and O–H groups in total. The van der Waals surface area contributed by atoms with E-state index in [1.54, 1.807) is 0 Å². The third-order valence-electron chi connectivity index (χ3n) is 4.02. The van der Waals surface area contributed by atoms with Crippen LogP contribution in [0.1, 0.15) is 63.0 Å². The van der Waals surface area contributed by atoms with Crippen molar-refractivity contribution in [3.05, 3.63) is 35.4 Å². The Morgan fingerprint density at radius 3 is 2.71 bits per heavy atom. The molecule has 1 aromatic carbocycles. The third kappa shape index (κ3) is 2.90. The summed E-state index contributed by atoms with van der Waals surface area (Å²) in [6.07, 6.45) is 9.25. The van der Waals surface area contributed by atoms with Crippen molar-refractivity contribution in [1.82, 2.24) is 0 Å². The summed E-state index contributed by atoms with van der Waals surface area (Å²) in [6, 6.07) is 8.39. The van der Waals surface area contributed by atoms with E-state index >= 15 is 0 Å². The zero-order valence-electron chi connectivity index (χ0n) is 10.9. The lowest BCUT2D eigenvalue weighted by atomic mass is 9.90. The molecule has 94 valence electrons. The minimum absolute atomic E-state index is 0.525. The highest BCUT2D eigenvalue weighted by Crippen LogP contribution is 2.40. The van der Waals surface area contributed by atoms with E-state index in [-0.39, 0.29) is 0 Å². The van der Waals surface area contributed by atoms with Crippen molar-refractivity contribution >= 4 is 0 Å². The number of benzene rings is 1. The molecule has 0 aromatic heterocycles. The number of aryl methyl sites for hydroxylation is 1. The topological polar surface area (TPSA) is 20.2 Å². The third-order valence-corrected chi connectivity index (χ3v) is 4.02. The fourth-order valence-corrected chi connectivity index (χ4v) is 2.95. The summed E-state index contributed by atoms with van der Waals surface area (Å²) in [4.78, 5) is 0. The minimum Gasteiger partial charge on any atom is -0.385 e. The molecule has 0 amide bonds. The lowest BCUT2D eigenvalue weighted by molar-refractivity contribution is 0.0267. The number of rotatable bonds is 6. The van der Waals surface area contributed by atoms with Crippen LogP contribution in [0.15, 0.2) is 24.3 Å². The van der Waals surface area contributed by atoms with Gasteiger partial charge in [0.2, 0.25) is 0 Å². The first kappa shape index (κ1) is 12.6. The summed E-state index contributed by atoms with van der Waals surface area (Å²) in [5.41, 5.74) is 2.02. The van der Waals surface area contributed by atoms with Crippen LogP contribution in [-0.4, -0.2) is 5.11 Å². The van der Waals surface area contributed by atoms with Gasteiger partial charge >= 0.3 is 0 Å². The number of fused-ring (bicyclic) bond motifs is 1. The van der Waals surface area contributed by atoms with Gasteiger partial charge < -0.3 is 5.11 Å². The zero-order chi connectivity index (χ0) is 12.1. The molecule has 1 aliphatic rings.